The van der Waals surface area contributed by atoms with Gasteiger partial charge in [-0.2, -0.15) is 0 Å². The Kier molecular flexibility index (Phi) is 5.37. The minimum absolute atomic E-state index is 0.0323. The third kappa shape index (κ3) is 4.31. The second-order valence-corrected chi connectivity index (χ2v) is 5.94. The molecule has 1 atom stereocenters. The van der Waals surface area contributed by atoms with Gasteiger partial charge in [0, 0.05) is 19.3 Å². The van der Waals surface area contributed by atoms with Crippen molar-refractivity contribution in [2.24, 2.45) is 0 Å². The van der Waals surface area contributed by atoms with Gasteiger partial charge in [0.05, 0.1) is 0 Å². The Morgan fingerprint density at radius 1 is 1.22 bits per heavy atom. The van der Waals surface area contributed by atoms with E-state index in [1.54, 1.807) is 18.0 Å². The van der Waals surface area contributed by atoms with Crippen LogP contribution in [-0.2, 0) is 11.3 Å². The van der Waals surface area contributed by atoms with Gasteiger partial charge in [-0.15, -0.1) is 0 Å². The van der Waals surface area contributed by atoms with Crippen molar-refractivity contribution in [1.29, 1.82) is 0 Å². The van der Waals surface area contributed by atoms with Gasteiger partial charge in [0.2, 0.25) is 5.91 Å². The fraction of sp³-hybridized carbons (Fsp3) is 0.316. The van der Waals surface area contributed by atoms with Gasteiger partial charge < -0.3 is 10.2 Å². The van der Waals surface area contributed by atoms with Crippen LogP contribution in [0.2, 0.25) is 0 Å². The van der Waals surface area contributed by atoms with E-state index >= 15 is 0 Å². The van der Waals surface area contributed by atoms with Gasteiger partial charge >= 0.3 is 0 Å². The molecule has 2 aromatic rings. The largest absolute Gasteiger partial charge is 0.374 e. The van der Waals surface area contributed by atoms with Crippen LogP contribution in [0.15, 0.2) is 42.5 Å². The SMILES string of the molecule is Cc1cccc(N[C@H](C)C(=O)N(C)Cc2cccc(F)c2)c1C. The molecule has 0 radical (unpaired) electrons. The maximum atomic E-state index is 13.2. The van der Waals surface area contributed by atoms with Gasteiger partial charge in [-0.25, -0.2) is 4.39 Å². The summed E-state index contributed by atoms with van der Waals surface area (Å²) in [4.78, 5) is 14.1. The van der Waals surface area contributed by atoms with Crippen LogP contribution in [0, 0.1) is 19.7 Å². The van der Waals surface area contributed by atoms with E-state index in [0.29, 0.717) is 6.54 Å². The number of rotatable bonds is 5. The number of anilines is 1. The molecule has 1 N–H and O–H groups in total. The van der Waals surface area contributed by atoms with Crippen LogP contribution >= 0.6 is 0 Å². The average molecular weight is 314 g/mol. The van der Waals surface area contributed by atoms with Gasteiger partial charge in [-0.05, 0) is 55.7 Å². The van der Waals surface area contributed by atoms with Crippen molar-refractivity contribution in [3.05, 3.63) is 65.0 Å². The maximum Gasteiger partial charge on any atom is 0.244 e. The zero-order valence-corrected chi connectivity index (χ0v) is 14.1. The molecule has 0 aliphatic carbocycles. The first-order valence-electron chi connectivity index (χ1n) is 7.70. The Morgan fingerprint density at radius 2 is 1.91 bits per heavy atom. The highest BCUT2D eigenvalue weighted by Crippen LogP contribution is 2.19. The first-order chi connectivity index (χ1) is 10.9. The Morgan fingerprint density at radius 3 is 2.61 bits per heavy atom. The molecule has 0 spiro atoms. The standard InChI is InChI=1S/C19H23FN2O/c1-13-7-5-10-18(14(13)2)21-15(3)19(23)22(4)12-16-8-6-9-17(20)11-16/h5-11,15,21H,12H2,1-4H3/t15-/m1/s1. The van der Waals surface area contributed by atoms with E-state index in [4.69, 9.17) is 0 Å². The van der Waals surface area contributed by atoms with Crippen molar-refractivity contribution >= 4 is 11.6 Å². The minimum atomic E-state index is -0.353. The van der Waals surface area contributed by atoms with Crippen LogP contribution in [0.25, 0.3) is 0 Å². The first-order valence-corrected chi connectivity index (χ1v) is 7.70. The summed E-state index contributed by atoms with van der Waals surface area (Å²) in [6, 6.07) is 12.0. The maximum absolute atomic E-state index is 13.2. The highest BCUT2D eigenvalue weighted by Gasteiger charge is 2.18. The zero-order chi connectivity index (χ0) is 17.0. The molecule has 0 aliphatic rings. The summed E-state index contributed by atoms with van der Waals surface area (Å²) in [5, 5.41) is 3.26. The summed E-state index contributed by atoms with van der Waals surface area (Å²) in [7, 11) is 1.73. The quantitative estimate of drug-likeness (QED) is 0.908. The number of amides is 1. The Hall–Kier alpha value is -2.36. The van der Waals surface area contributed by atoms with Gasteiger partial charge in [0.25, 0.3) is 0 Å². The van der Waals surface area contributed by atoms with E-state index in [1.807, 2.05) is 45.0 Å². The number of likely N-dealkylation sites (N-methyl/N-ethyl adjacent to an activating group) is 1. The highest BCUT2D eigenvalue weighted by molar-refractivity contribution is 5.84. The number of halogens is 1. The van der Waals surface area contributed by atoms with Gasteiger partial charge in [-0.1, -0.05) is 24.3 Å². The van der Waals surface area contributed by atoms with Crippen LogP contribution in [-0.4, -0.2) is 23.9 Å². The predicted molar refractivity (Wildman–Crippen MR) is 91.9 cm³/mol. The molecular formula is C19H23FN2O. The van der Waals surface area contributed by atoms with Crippen molar-refractivity contribution in [3.63, 3.8) is 0 Å². The lowest BCUT2D eigenvalue weighted by Gasteiger charge is -2.24. The van der Waals surface area contributed by atoms with E-state index in [-0.39, 0.29) is 17.8 Å². The van der Waals surface area contributed by atoms with Crippen LogP contribution in [0.4, 0.5) is 10.1 Å². The molecule has 2 rings (SSSR count). The molecule has 0 fully saturated rings. The Bertz CT molecular complexity index is 700. The Balaban J connectivity index is 2.02. The van der Waals surface area contributed by atoms with Crippen LogP contribution in [0.1, 0.15) is 23.6 Å². The molecule has 4 heteroatoms. The molecule has 3 nitrogen and oxygen atoms in total. The highest BCUT2D eigenvalue weighted by atomic mass is 19.1. The molecule has 0 saturated heterocycles. The van der Waals surface area contributed by atoms with Crippen molar-refractivity contribution in [2.45, 2.75) is 33.4 Å². The summed E-state index contributed by atoms with van der Waals surface area (Å²) in [6.45, 7) is 6.30. The predicted octanol–water partition coefficient (Wildman–Crippen LogP) is 3.90. The molecule has 0 aliphatic heterocycles. The number of aryl methyl sites for hydroxylation is 1. The average Bonchev–Trinajstić information content (AvgIpc) is 2.51. The molecule has 0 saturated carbocycles. The molecule has 1 amide bonds. The topological polar surface area (TPSA) is 32.3 Å². The monoisotopic (exact) mass is 314 g/mol. The van der Waals surface area contributed by atoms with Gasteiger partial charge in [-0.3, -0.25) is 4.79 Å². The second kappa shape index (κ2) is 7.27. The molecule has 0 heterocycles. The van der Waals surface area contributed by atoms with E-state index in [9.17, 15) is 9.18 Å². The van der Waals surface area contributed by atoms with E-state index in [1.165, 1.54) is 17.7 Å². The summed E-state index contributed by atoms with van der Waals surface area (Å²) < 4.78 is 13.2. The molecule has 0 bridgehead atoms. The first kappa shape index (κ1) is 17.0. The lowest BCUT2D eigenvalue weighted by Crippen LogP contribution is -2.38. The summed E-state index contributed by atoms with van der Waals surface area (Å²) >= 11 is 0. The normalized spacial score (nSPS) is 11.9. The number of carbonyl (C=O) groups is 1. The number of hydrogen-bond donors (Lipinski definition) is 1. The summed E-state index contributed by atoms with van der Waals surface area (Å²) in [5.74, 6) is -0.319. The van der Waals surface area contributed by atoms with Gasteiger partial charge in [0.1, 0.15) is 11.9 Å². The molecule has 122 valence electrons. The van der Waals surface area contributed by atoms with Crippen LogP contribution < -0.4 is 5.32 Å². The molecule has 23 heavy (non-hydrogen) atoms. The van der Waals surface area contributed by atoms with E-state index in [0.717, 1.165) is 16.8 Å². The molecule has 0 aromatic heterocycles. The fourth-order valence-electron chi connectivity index (χ4n) is 2.52. The minimum Gasteiger partial charge on any atom is -0.374 e. The van der Waals surface area contributed by atoms with Gasteiger partial charge in [0.15, 0.2) is 0 Å². The van der Waals surface area contributed by atoms with Crippen molar-refractivity contribution < 1.29 is 9.18 Å². The lowest BCUT2D eigenvalue weighted by atomic mass is 10.1. The molecule has 0 unspecified atom stereocenters. The summed E-state index contributed by atoms with van der Waals surface area (Å²) in [6.07, 6.45) is 0. The summed E-state index contributed by atoms with van der Waals surface area (Å²) in [5.41, 5.74) is 4.06. The number of hydrogen-bond acceptors (Lipinski definition) is 2. The van der Waals surface area contributed by atoms with Crippen molar-refractivity contribution in [1.82, 2.24) is 4.90 Å². The fourth-order valence-corrected chi connectivity index (χ4v) is 2.52. The van der Waals surface area contributed by atoms with Crippen LogP contribution in [0.5, 0.6) is 0 Å². The van der Waals surface area contributed by atoms with Crippen molar-refractivity contribution in [2.75, 3.05) is 12.4 Å². The number of benzene rings is 2. The third-order valence-electron chi connectivity index (χ3n) is 4.03. The van der Waals surface area contributed by atoms with E-state index < -0.39 is 0 Å². The molecular weight excluding hydrogens is 291 g/mol. The third-order valence-corrected chi connectivity index (χ3v) is 4.03. The Labute approximate surface area is 137 Å². The number of carbonyl (C=O) groups excluding carboxylic acids is 1. The second-order valence-electron chi connectivity index (χ2n) is 5.94. The molecule has 2 aromatic carbocycles. The van der Waals surface area contributed by atoms with E-state index in [2.05, 4.69) is 5.32 Å². The lowest BCUT2D eigenvalue weighted by molar-refractivity contribution is -0.130. The smallest absolute Gasteiger partial charge is 0.244 e. The number of nitrogens with zero attached hydrogens (tertiary/aromatic N) is 1. The zero-order valence-electron chi connectivity index (χ0n) is 14.1. The van der Waals surface area contributed by atoms with Crippen molar-refractivity contribution in [3.8, 4) is 0 Å². The number of nitrogens with one attached hydrogen (secondary N) is 1. The van der Waals surface area contributed by atoms with Crippen LogP contribution in [0.3, 0.4) is 0 Å².